The molecular weight excluding hydrogens is 415 g/mol. The quantitative estimate of drug-likeness (QED) is 0.549. The molecule has 2 aliphatic rings. The van der Waals surface area contributed by atoms with Gasteiger partial charge < -0.3 is 9.64 Å². The average molecular weight is 453 g/mol. The van der Waals surface area contributed by atoms with Crippen LogP contribution in [0.2, 0.25) is 0 Å². The van der Waals surface area contributed by atoms with Gasteiger partial charge in [0.25, 0.3) is 0 Å². The molecule has 2 heterocycles. The zero-order chi connectivity index (χ0) is 23.0. The van der Waals surface area contributed by atoms with E-state index in [1.807, 2.05) is 12.1 Å². The van der Waals surface area contributed by atoms with Gasteiger partial charge in [-0.25, -0.2) is 4.39 Å². The Morgan fingerprint density at radius 1 is 0.909 bits per heavy atom. The van der Waals surface area contributed by atoms with Crippen LogP contribution in [0.15, 0.2) is 54.6 Å². The first-order valence-corrected chi connectivity index (χ1v) is 12.4. The Bertz CT molecular complexity index is 865. The van der Waals surface area contributed by atoms with Crippen molar-refractivity contribution in [3.05, 3.63) is 71.5 Å². The molecular formula is C28H37FN2O2. The fourth-order valence-corrected chi connectivity index (χ4v) is 5.58. The van der Waals surface area contributed by atoms with Crippen molar-refractivity contribution in [1.82, 2.24) is 9.80 Å². The smallest absolute Gasteiger partial charge is 0.319 e. The van der Waals surface area contributed by atoms with Crippen LogP contribution in [-0.2, 0) is 22.4 Å². The van der Waals surface area contributed by atoms with Crippen molar-refractivity contribution in [2.24, 2.45) is 11.8 Å². The first-order chi connectivity index (χ1) is 16.1. The number of rotatable bonds is 8. The van der Waals surface area contributed by atoms with Crippen molar-refractivity contribution < 1.29 is 13.9 Å². The summed E-state index contributed by atoms with van der Waals surface area (Å²) in [4.78, 5) is 16.9. The van der Waals surface area contributed by atoms with Gasteiger partial charge in [0.1, 0.15) is 5.82 Å². The van der Waals surface area contributed by atoms with Crippen LogP contribution in [0.25, 0.3) is 0 Å². The second-order valence-electron chi connectivity index (χ2n) is 9.86. The van der Waals surface area contributed by atoms with E-state index in [-0.39, 0.29) is 11.8 Å². The van der Waals surface area contributed by atoms with Crippen LogP contribution in [0.1, 0.15) is 36.8 Å². The summed E-state index contributed by atoms with van der Waals surface area (Å²) < 4.78 is 18.1. The Morgan fingerprint density at radius 2 is 1.58 bits per heavy atom. The van der Waals surface area contributed by atoms with Crippen LogP contribution >= 0.6 is 0 Å². The molecule has 0 radical (unpaired) electrons. The van der Waals surface area contributed by atoms with Gasteiger partial charge >= 0.3 is 5.97 Å². The van der Waals surface area contributed by atoms with Gasteiger partial charge in [-0.3, -0.25) is 9.69 Å². The second-order valence-corrected chi connectivity index (χ2v) is 9.86. The molecule has 4 rings (SSSR count). The number of hydrogen-bond acceptors (Lipinski definition) is 4. The summed E-state index contributed by atoms with van der Waals surface area (Å²) in [6, 6.07) is 18.0. The van der Waals surface area contributed by atoms with E-state index < -0.39 is 0 Å². The molecule has 0 N–H and O–H groups in total. The van der Waals surface area contributed by atoms with Gasteiger partial charge in [0.2, 0.25) is 0 Å². The molecule has 2 saturated heterocycles. The maximum atomic E-state index is 13.2. The molecule has 178 valence electrons. The topological polar surface area (TPSA) is 32.8 Å². The van der Waals surface area contributed by atoms with E-state index in [9.17, 15) is 9.18 Å². The molecule has 0 saturated carbocycles. The molecule has 2 fully saturated rings. The highest BCUT2D eigenvalue weighted by atomic mass is 19.1. The fourth-order valence-electron chi connectivity index (χ4n) is 5.58. The van der Waals surface area contributed by atoms with Crippen LogP contribution in [0.3, 0.4) is 0 Å². The number of benzene rings is 2. The van der Waals surface area contributed by atoms with Gasteiger partial charge in [0, 0.05) is 12.6 Å². The summed E-state index contributed by atoms with van der Waals surface area (Å²) >= 11 is 0. The molecule has 0 aromatic heterocycles. The normalized spacial score (nSPS) is 22.8. The summed E-state index contributed by atoms with van der Waals surface area (Å²) in [6.07, 6.45) is 6.73. The summed E-state index contributed by atoms with van der Waals surface area (Å²) in [5.41, 5.74) is 2.58. The molecule has 0 aliphatic carbocycles. The Hall–Kier alpha value is -2.24. The summed E-state index contributed by atoms with van der Waals surface area (Å²) in [5, 5.41) is 0. The number of halogens is 1. The zero-order valence-electron chi connectivity index (χ0n) is 19.8. The van der Waals surface area contributed by atoms with Crippen molar-refractivity contribution in [3.63, 3.8) is 0 Å². The lowest BCUT2D eigenvalue weighted by Crippen LogP contribution is -2.49. The highest BCUT2D eigenvalue weighted by Gasteiger charge is 2.31. The second kappa shape index (κ2) is 11.8. The van der Waals surface area contributed by atoms with Crippen LogP contribution in [0.5, 0.6) is 0 Å². The highest BCUT2D eigenvalue weighted by molar-refractivity contribution is 5.71. The number of carbonyl (C=O) groups is 1. The number of ether oxygens (including phenoxy) is 1. The number of methoxy groups -OCH3 is 1. The number of nitrogens with zero attached hydrogens (tertiary/aromatic N) is 2. The van der Waals surface area contributed by atoms with Crippen molar-refractivity contribution in [3.8, 4) is 0 Å². The lowest BCUT2D eigenvalue weighted by atomic mass is 9.85. The molecule has 2 aromatic carbocycles. The van der Waals surface area contributed by atoms with E-state index in [1.165, 1.54) is 31.1 Å². The Kier molecular flexibility index (Phi) is 8.51. The standard InChI is InChI=1S/C28H37FN2O2/c1-33-28(32)21-31-16-13-25(19-27(31)18-22-5-3-2-4-6-22)20-30-14-11-24(12-15-30)17-23-7-9-26(29)10-8-23/h2-10,24-25,27H,11-21H2,1H3. The predicted molar refractivity (Wildman–Crippen MR) is 130 cm³/mol. The van der Waals surface area contributed by atoms with Gasteiger partial charge in [0.15, 0.2) is 0 Å². The van der Waals surface area contributed by atoms with E-state index in [4.69, 9.17) is 4.74 Å². The van der Waals surface area contributed by atoms with Crippen molar-refractivity contribution >= 4 is 5.97 Å². The molecule has 33 heavy (non-hydrogen) atoms. The van der Waals surface area contributed by atoms with E-state index in [0.29, 0.717) is 24.4 Å². The van der Waals surface area contributed by atoms with Crippen molar-refractivity contribution in [2.75, 3.05) is 39.8 Å². The SMILES string of the molecule is COC(=O)CN1CCC(CN2CCC(Cc3ccc(F)cc3)CC2)CC1Cc1ccccc1. The lowest BCUT2D eigenvalue weighted by molar-refractivity contribution is -0.143. The minimum Gasteiger partial charge on any atom is -0.468 e. The Morgan fingerprint density at radius 3 is 2.27 bits per heavy atom. The number of hydrogen-bond donors (Lipinski definition) is 0. The van der Waals surface area contributed by atoms with Crippen molar-refractivity contribution in [1.29, 1.82) is 0 Å². The van der Waals surface area contributed by atoms with Crippen LogP contribution in [0, 0.1) is 17.7 Å². The largest absolute Gasteiger partial charge is 0.468 e. The Balaban J connectivity index is 1.28. The predicted octanol–water partition coefficient (Wildman–Crippen LogP) is 4.58. The molecule has 2 aliphatic heterocycles. The minimum absolute atomic E-state index is 0.144. The van der Waals surface area contributed by atoms with E-state index in [1.54, 1.807) is 12.1 Å². The lowest BCUT2D eigenvalue weighted by Gasteiger charge is -2.42. The van der Waals surface area contributed by atoms with Crippen LogP contribution in [-0.4, -0.2) is 61.6 Å². The molecule has 5 heteroatoms. The third-order valence-corrected chi connectivity index (χ3v) is 7.48. The first kappa shape index (κ1) is 23.9. The molecule has 2 aromatic rings. The van der Waals surface area contributed by atoms with E-state index in [0.717, 1.165) is 51.9 Å². The zero-order valence-corrected chi connectivity index (χ0v) is 19.8. The molecule has 2 atom stereocenters. The fraction of sp³-hybridized carbons (Fsp3) is 0.536. The molecule has 4 nitrogen and oxygen atoms in total. The highest BCUT2D eigenvalue weighted by Crippen LogP contribution is 2.29. The third kappa shape index (κ3) is 7.12. The number of esters is 1. The summed E-state index contributed by atoms with van der Waals surface area (Å²) in [7, 11) is 1.47. The average Bonchev–Trinajstić information content (AvgIpc) is 2.84. The van der Waals surface area contributed by atoms with Gasteiger partial charge in [0.05, 0.1) is 13.7 Å². The van der Waals surface area contributed by atoms with Gasteiger partial charge in [-0.1, -0.05) is 42.5 Å². The van der Waals surface area contributed by atoms with Gasteiger partial charge in [-0.15, -0.1) is 0 Å². The monoisotopic (exact) mass is 452 g/mol. The van der Waals surface area contributed by atoms with E-state index in [2.05, 4.69) is 40.1 Å². The van der Waals surface area contributed by atoms with Crippen LogP contribution < -0.4 is 0 Å². The maximum absolute atomic E-state index is 13.2. The molecule has 2 unspecified atom stereocenters. The first-order valence-electron chi connectivity index (χ1n) is 12.4. The third-order valence-electron chi connectivity index (χ3n) is 7.48. The van der Waals surface area contributed by atoms with Gasteiger partial charge in [-0.05, 0) is 93.3 Å². The number of carbonyl (C=O) groups excluding carboxylic acids is 1. The molecule has 0 spiro atoms. The molecule has 0 amide bonds. The Labute approximate surface area is 197 Å². The summed E-state index contributed by atoms with van der Waals surface area (Å²) in [6.45, 7) is 4.80. The minimum atomic E-state index is -0.156. The van der Waals surface area contributed by atoms with Crippen LogP contribution in [0.4, 0.5) is 4.39 Å². The number of likely N-dealkylation sites (tertiary alicyclic amines) is 2. The molecule has 0 bridgehead atoms. The number of piperidine rings is 2. The van der Waals surface area contributed by atoms with Gasteiger partial charge in [-0.2, -0.15) is 0 Å². The van der Waals surface area contributed by atoms with E-state index >= 15 is 0 Å². The van der Waals surface area contributed by atoms with Crippen molar-refractivity contribution in [2.45, 2.75) is 44.6 Å². The maximum Gasteiger partial charge on any atom is 0.319 e. The summed E-state index contributed by atoms with van der Waals surface area (Å²) in [5.74, 6) is 1.06.